The van der Waals surface area contributed by atoms with Gasteiger partial charge in [0.25, 0.3) is 5.56 Å². The highest BCUT2D eigenvalue weighted by molar-refractivity contribution is 5.91. The third-order valence-electron chi connectivity index (χ3n) is 4.16. The Balaban J connectivity index is 2.06. The summed E-state index contributed by atoms with van der Waals surface area (Å²) in [5.41, 5.74) is 5.73. The number of pyridine rings is 2. The minimum Gasteiger partial charge on any atom is -0.328 e. The van der Waals surface area contributed by atoms with Gasteiger partial charge in [-0.25, -0.2) is 4.98 Å². The maximum atomic E-state index is 12.2. The van der Waals surface area contributed by atoms with Gasteiger partial charge in [0.15, 0.2) is 0 Å². The molecule has 4 aromatic rings. The van der Waals surface area contributed by atoms with E-state index in [1.54, 1.807) is 6.20 Å². The predicted molar refractivity (Wildman–Crippen MR) is 98.0 cm³/mol. The van der Waals surface area contributed by atoms with Gasteiger partial charge in [-0.05, 0) is 24.6 Å². The zero-order valence-electron chi connectivity index (χ0n) is 13.3. The summed E-state index contributed by atoms with van der Waals surface area (Å²) in [4.78, 5) is 19.7. The molecular formula is C21H16N2O. The highest BCUT2D eigenvalue weighted by atomic mass is 16.1. The van der Waals surface area contributed by atoms with Crippen LogP contribution in [0.5, 0.6) is 0 Å². The summed E-state index contributed by atoms with van der Waals surface area (Å²) in [5, 5.41) is 0.604. The van der Waals surface area contributed by atoms with E-state index in [0.717, 1.165) is 22.4 Å². The van der Waals surface area contributed by atoms with Crippen LogP contribution in [0.2, 0.25) is 0 Å². The van der Waals surface area contributed by atoms with Gasteiger partial charge in [-0.1, -0.05) is 60.2 Å². The standard InChI is InChI=1S/C21H16N2O/c1-14-7-9-16(10-8-14)20-17(15-5-3-2-4-6-15)13-18-19(23-20)11-12-22-21(18)24/h2-13H,1H3,(H,22,24). The zero-order valence-corrected chi connectivity index (χ0v) is 13.3. The van der Waals surface area contributed by atoms with Gasteiger partial charge in [-0.2, -0.15) is 0 Å². The highest BCUT2D eigenvalue weighted by Crippen LogP contribution is 2.32. The van der Waals surface area contributed by atoms with E-state index < -0.39 is 0 Å². The van der Waals surface area contributed by atoms with Crippen molar-refractivity contribution in [3.05, 3.63) is 88.8 Å². The minimum absolute atomic E-state index is 0.118. The first kappa shape index (κ1) is 14.4. The molecule has 0 bridgehead atoms. The van der Waals surface area contributed by atoms with E-state index in [1.165, 1.54) is 5.56 Å². The Morgan fingerprint density at radius 3 is 2.38 bits per heavy atom. The lowest BCUT2D eigenvalue weighted by atomic mass is 9.97. The Morgan fingerprint density at radius 2 is 1.62 bits per heavy atom. The molecule has 0 aliphatic heterocycles. The van der Waals surface area contributed by atoms with E-state index >= 15 is 0 Å². The average Bonchev–Trinajstić information content (AvgIpc) is 2.62. The number of aromatic amines is 1. The fraction of sp³-hybridized carbons (Fsp3) is 0.0476. The number of fused-ring (bicyclic) bond motifs is 1. The SMILES string of the molecule is Cc1ccc(-c2nc3cc[nH]c(=O)c3cc2-c2ccccc2)cc1. The smallest absolute Gasteiger partial charge is 0.257 e. The van der Waals surface area contributed by atoms with Gasteiger partial charge in [-0.3, -0.25) is 4.79 Å². The van der Waals surface area contributed by atoms with E-state index in [9.17, 15) is 4.79 Å². The van der Waals surface area contributed by atoms with Crippen molar-refractivity contribution < 1.29 is 0 Å². The van der Waals surface area contributed by atoms with Crippen molar-refractivity contribution in [2.75, 3.05) is 0 Å². The lowest BCUT2D eigenvalue weighted by Gasteiger charge is -2.11. The fourth-order valence-electron chi connectivity index (χ4n) is 2.88. The molecule has 2 aromatic heterocycles. The number of H-pyrrole nitrogens is 1. The lowest BCUT2D eigenvalue weighted by molar-refractivity contribution is 1.26. The molecule has 3 heteroatoms. The predicted octanol–water partition coefficient (Wildman–Crippen LogP) is 4.57. The van der Waals surface area contributed by atoms with Crippen LogP contribution in [-0.2, 0) is 0 Å². The van der Waals surface area contributed by atoms with Crippen LogP contribution in [0.4, 0.5) is 0 Å². The Kier molecular flexibility index (Phi) is 3.47. The molecule has 1 N–H and O–H groups in total. The summed E-state index contributed by atoms with van der Waals surface area (Å²) in [6, 6.07) is 22.1. The number of benzene rings is 2. The summed E-state index contributed by atoms with van der Waals surface area (Å²) in [7, 11) is 0. The van der Waals surface area contributed by atoms with Crippen molar-refractivity contribution >= 4 is 10.9 Å². The van der Waals surface area contributed by atoms with Crippen molar-refractivity contribution in [2.45, 2.75) is 6.92 Å². The number of aromatic nitrogens is 2. The number of nitrogens with zero attached hydrogens (tertiary/aromatic N) is 1. The third-order valence-corrected chi connectivity index (χ3v) is 4.16. The number of hydrogen-bond donors (Lipinski definition) is 1. The van der Waals surface area contributed by atoms with E-state index in [1.807, 2.05) is 42.5 Å². The minimum atomic E-state index is -0.118. The number of rotatable bonds is 2. The molecule has 116 valence electrons. The normalized spacial score (nSPS) is 10.9. The molecule has 4 rings (SSSR count). The van der Waals surface area contributed by atoms with Crippen LogP contribution in [0, 0.1) is 6.92 Å². The van der Waals surface area contributed by atoms with Crippen LogP contribution in [0.15, 0.2) is 77.7 Å². The second-order valence-electron chi connectivity index (χ2n) is 5.86. The molecule has 0 aliphatic rings. The number of nitrogens with one attached hydrogen (secondary N) is 1. The Bertz CT molecular complexity index is 1060. The monoisotopic (exact) mass is 312 g/mol. The highest BCUT2D eigenvalue weighted by Gasteiger charge is 2.12. The molecule has 2 aromatic carbocycles. The first-order valence-corrected chi connectivity index (χ1v) is 7.87. The second-order valence-corrected chi connectivity index (χ2v) is 5.86. The summed E-state index contributed by atoms with van der Waals surface area (Å²) in [6.07, 6.45) is 1.64. The van der Waals surface area contributed by atoms with Crippen molar-refractivity contribution in [1.82, 2.24) is 9.97 Å². The number of aryl methyl sites for hydroxylation is 1. The molecule has 0 atom stereocenters. The zero-order chi connectivity index (χ0) is 16.5. The Hall–Kier alpha value is -3.20. The van der Waals surface area contributed by atoms with Gasteiger partial charge >= 0.3 is 0 Å². The molecule has 0 unspecified atom stereocenters. The van der Waals surface area contributed by atoms with Crippen LogP contribution in [-0.4, -0.2) is 9.97 Å². The maximum absolute atomic E-state index is 12.2. The topological polar surface area (TPSA) is 45.8 Å². The summed E-state index contributed by atoms with van der Waals surface area (Å²) >= 11 is 0. The molecule has 0 fully saturated rings. The summed E-state index contributed by atoms with van der Waals surface area (Å²) in [6.45, 7) is 2.06. The Labute approximate surface area is 139 Å². The van der Waals surface area contributed by atoms with Gasteiger partial charge in [0.2, 0.25) is 0 Å². The van der Waals surface area contributed by atoms with Crippen molar-refractivity contribution in [1.29, 1.82) is 0 Å². The van der Waals surface area contributed by atoms with Crippen LogP contribution in [0.1, 0.15) is 5.56 Å². The van der Waals surface area contributed by atoms with Gasteiger partial charge in [0, 0.05) is 17.3 Å². The van der Waals surface area contributed by atoms with Crippen LogP contribution in [0.3, 0.4) is 0 Å². The molecule has 0 radical (unpaired) electrons. The quantitative estimate of drug-likeness (QED) is 0.589. The van der Waals surface area contributed by atoms with E-state index in [-0.39, 0.29) is 5.56 Å². The summed E-state index contributed by atoms with van der Waals surface area (Å²) < 4.78 is 0. The van der Waals surface area contributed by atoms with Gasteiger partial charge < -0.3 is 4.98 Å². The van der Waals surface area contributed by atoms with Crippen LogP contribution in [0.25, 0.3) is 33.3 Å². The largest absolute Gasteiger partial charge is 0.328 e. The molecule has 24 heavy (non-hydrogen) atoms. The average molecular weight is 312 g/mol. The maximum Gasteiger partial charge on any atom is 0.257 e. The van der Waals surface area contributed by atoms with E-state index in [4.69, 9.17) is 4.98 Å². The van der Waals surface area contributed by atoms with Crippen molar-refractivity contribution in [3.8, 4) is 22.4 Å². The Morgan fingerprint density at radius 1 is 0.875 bits per heavy atom. The molecule has 0 saturated carbocycles. The van der Waals surface area contributed by atoms with Gasteiger partial charge in [0.05, 0.1) is 16.6 Å². The van der Waals surface area contributed by atoms with Gasteiger partial charge in [0.1, 0.15) is 0 Å². The summed E-state index contributed by atoms with van der Waals surface area (Å²) in [5.74, 6) is 0. The first-order chi connectivity index (χ1) is 11.7. The van der Waals surface area contributed by atoms with Crippen molar-refractivity contribution in [3.63, 3.8) is 0 Å². The second kappa shape index (κ2) is 5.78. The molecule has 3 nitrogen and oxygen atoms in total. The fourth-order valence-corrected chi connectivity index (χ4v) is 2.88. The molecule has 0 aliphatic carbocycles. The lowest BCUT2D eigenvalue weighted by Crippen LogP contribution is -2.06. The van der Waals surface area contributed by atoms with Crippen molar-refractivity contribution in [2.24, 2.45) is 0 Å². The van der Waals surface area contributed by atoms with Gasteiger partial charge in [-0.15, -0.1) is 0 Å². The molecule has 2 heterocycles. The van der Waals surface area contributed by atoms with E-state index in [2.05, 4.69) is 36.2 Å². The molecule has 0 spiro atoms. The third kappa shape index (κ3) is 2.50. The first-order valence-electron chi connectivity index (χ1n) is 7.87. The van der Waals surface area contributed by atoms with Crippen LogP contribution >= 0.6 is 0 Å². The molecular weight excluding hydrogens is 296 g/mol. The van der Waals surface area contributed by atoms with Crippen LogP contribution < -0.4 is 5.56 Å². The number of hydrogen-bond acceptors (Lipinski definition) is 2. The van der Waals surface area contributed by atoms with E-state index in [0.29, 0.717) is 10.9 Å². The molecule has 0 saturated heterocycles. The molecule has 0 amide bonds.